The highest BCUT2D eigenvalue weighted by molar-refractivity contribution is 6.22. The van der Waals surface area contributed by atoms with Gasteiger partial charge in [0.15, 0.2) is 0 Å². The number of hydrogen-bond donors (Lipinski definition) is 1. The van der Waals surface area contributed by atoms with E-state index in [4.69, 9.17) is 22.2 Å². The standard InChI is InChI=1S/C11H17ClN2O/c1-3-11(14-15-2)9-4-8(7-13)5-10(12)6-9/h4,6,10H,3,5,7,13H2,1-2H3. The maximum absolute atomic E-state index is 6.12. The van der Waals surface area contributed by atoms with Crippen molar-refractivity contribution in [2.45, 2.75) is 25.1 Å². The molecule has 0 saturated carbocycles. The molecule has 0 aromatic heterocycles. The molecule has 1 unspecified atom stereocenters. The summed E-state index contributed by atoms with van der Waals surface area (Å²) in [6.07, 6.45) is 5.70. The fraction of sp³-hybridized carbons (Fsp3) is 0.545. The minimum absolute atomic E-state index is 0.0113. The molecule has 15 heavy (non-hydrogen) atoms. The van der Waals surface area contributed by atoms with Crippen LogP contribution >= 0.6 is 11.6 Å². The molecule has 1 rings (SSSR count). The molecule has 1 aliphatic rings. The summed E-state index contributed by atoms with van der Waals surface area (Å²) in [5, 5.41) is 3.99. The highest BCUT2D eigenvalue weighted by Gasteiger charge is 2.15. The van der Waals surface area contributed by atoms with Gasteiger partial charge >= 0.3 is 0 Å². The molecule has 0 aromatic carbocycles. The first kappa shape index (κ1) is 12.3. The Balaban J connectivity index is 2.92. The topological polar surface area (TPSA) is 47.6 Å². The molecule has 3 nitrogen and oxygen atoms in total. The molecule has 0 radical (unpaired) electrons. The van der Waals surface area contributed by atoms with Crippen LogP contribution in [-0.2, 0) is 4.84 Å². The minimum Gasteiger partial charge on any atom is -0.399 e. The van der Waals surface area contributed by atoms with Gasteiger partial charge in [0.25, 0.3) is 0 Å². The smallest absolute Gasteiger partial charge is 0.106 e. The summed E-state index contributed by atoms with van der Waals surface area (Å²) in [4.78, 5) is 4.80. The van der Waals surface area contributed by atoms with E-state index < -0.39 is 0 Å². The molecule has 1 aliphatic carbocycles. The fourth-order valence-corrected chi connectivity index (χ4v) is 1.92. The van der Waals surface area contributed by atoms with Crippen molar-refractivity contribution in [1.82, 2.24) is 0 Å². The van der Waals surface area contributed by atoms with Crippen LogP contribution in [0.5, 0.6) is 0 Å². The van der Waals surface area contributed by atoms with Crippen molar-refractivity contribution in [3.63, 3.8) is 0 Å². The fourth-order valence-electron chi connectivity index (χ4n) is 1.58. The average Bonchev–Trinajstić information content (AvgIpc) is 2.24. The molecular weight excluding hydrogens is 212 g/mol. The Labute approximate surface area is 95.6 Å². The molecule has 0 spiro atoms. The van der Waals surface area contributed by atoms with Crippen LogP contribution in [0.1, 0.15) is 19.8 Å². The van der Waals surface area contributed by atoms with Crippen molar-refractivity contribution in [2.24, 2.45) is 10.9 Å². The predicted molar refractivity (Wildman–Crippen MR) is 64.2 cm³/mol. The van der Waals surface area contributed by atoms with Gasteiger partial charge in [-0.1, -0.05) is 29.8 Å². The van der Waals surface area contributed by atoms with Crippen molar-refractivity contribution in [3.05, 3.63) is 23.3 Å². The Morgan fingerprint density at radius 2 is 2.47 bits per heavy atom. The van der Waals surface area contributed by atoms with Crippen LogP contribution in [-0.4, -0.2) is 24.7 Å². The van der Waals surface area contributed by atoms with Crippen molar-refractivity contribution in [1.29, 1.82) is 0 Å². The quantitative estimate of drug-likeness (QED) is 0.456. The summed E-state index contributed by atoms with van der Waals surface area (Å²) in [6, 6.07) is 0. The number of hydrogen-bond acceptors (Lipinski definition) is 3. The zero-order valence-electron chi connectivity index (χ0n) is 9.16. The summed E-state index contributed by atoms with van der Waals surface area (Å²) in [7, 11) is 1.55. The van der Waals surface area contributed by atoms with Crippen LogP contribution in [0.2, 0.25) is 0 Å². The lowest BCUT2D eigenvalue weighted by atomic mass is 9.95. The lowest BCUT2D eigenvalue weighted by Gasteiger charge is -2.16. The third kappa shape index (κ3) is 3.36. The number of oxime groups is 1. The number of rotatable bonds is 4. The Hall–Kier alpha value is -0.800. The molecule has 0 aliphatic heterocycles. The lowest BCUT2D eigenvalue weighted by Crippen LogP contribution is -2.15. The summed E-state index contributed by atoms with van der Waals surface area (Å²) >= 11 is 6.12. The molecule has 0 bridgehead atoms. The second-order valence-electron chi connectivity index (χ2n) is 3.42. The number of nitrogens with zero attached hydrogens (tertiary/aromatic N) is 1. The molecule has 0 aromatic rings. The van der Waals surface area contributed by atoms with Crippen LogP contribution in [0.4, 0.5) is 0 Å². The van der Waals surface area contributed by atoms with Crippen molar-refractivity contribution in [2.75, 3.05) is 13.7 Å². The van der Waals surface area contributed by atoms with Gasteiger partial charge in [0.1, 0.15) is 7.11 Å². The maximum atomic E-state index is 6.12. The highest BCUT2D eigenvalue weighted by atomic mass is 35.5. The number of allylic oxidation sites excluding steroid dienone is 3. The van der Waals surface area contributed by atoms with Crippen LogP contribution < -0.4 is 5.73 Å². The van der Waals surface area contributed by atoms with Crippen LogP contribution in [0.25, 0.3) is 0 Å². The number of alkyl halides is 1. The monoisotopic (exact) mass is 228 g/mol. The van der Waals surface area contributed by atoms with E-state index in [2.05, 4.69) is 11.2 Å². The molecule has 0 heterocycles. The van der Waals surface area contributed by atoms with Gasteiger partial charge in [0.05, 0.1) is 11.1 Å². The first-order valence-electron chi connectivity index (χ1n) is 5.07. The molecule has 0 amide bonds. The molecule has 0 saturated heterocycles. The summed E-state index contributed by atoms with van der Waals surface area (Å²) < 4.78 is 0. The van der Waals surface area contributed by atoms with Gasteiger partial charge in [-0.25, -0.2) is 0 Å². The predicted octanol–water partition coefficient (Wildman–Crippen LogP) is 2.22. The Morgan fingerprint density at radius 3 is 3.00 bits per heavy atom. The van der Waals surface area contributed by atoms with Gasteiger partial charge in [-0.3, -0.25) is 0 Å². The van der Waals surface area contributed by atoms with Crippen LogP contribution in [0.3, 0.4) is 0 Å². The van der Waals surface area contributed by atoms with E-state index in [0.29, 0.717) is 6.54 Å². The molecule has 2 N–H and O–H groups in total. The largest absolute Gasteiger partial charge is 0.399 e. The van der Waals surface area contributed by atoms with E-state index in [0.717, 1.165) is 29.7 Å². The molecule has 84 valence electrons. The van der Waals surface area contributed by atoms with E-state index in [-0.39, 0.29) is 5.38 Å². The summed E-state index contributed by atoms with van der Waals surface area (Å²) in [6.45, 7) is 2.58. The first-order chi connectivity index (χ1) is 7.21. The van der Waals surface area contributed by atoms with E-state index in [1.165, 1.54) is 0 Å². The third-order valence-electron chi connectivity index (χ3n) is 2.31. The minimum atomic E-state index is 0.0113. The van der Waals surface area contributed by atoms with Crippen LogP contribution in [0, 0.1) is 0 Å². The van der Waals surface area contributed by atoms with Gasteiger partial charge in [-0.2, -0.15) is 0 Å². The summed E-state index contributed by atoms with van der Waals surface area (Å²) in [5.74, 6) is 0. The van der Waals surface area contributed by atoms with E-state index in [1.807, 2.05) is 13.0 Å². The molecule has 1 atom stereocenters. The summed E-state index contributed by atoms with van der Waals surface area (Å²) in [5.41, 5.74) is 8.72. The van der Waals surface area contributed by atoms with Crippen LogP contribution in [0.15, 0.2) is 28.5 Å². The van der Waals surface area contributed by atoms with Gasteiger partial charge in [-0.15, -0.1) is 11.6 Å². The Kier molecular flexibility index (Phi) is 4.85. The number of halogens is 1. The van der Waals surface area contributed by atoms with Gasteiger partial charge in [0.2, 0.25) is 0 Å². The number of nitrogens with two attached hydrogens (primary N) is 1. The van der Waals surface area contributed by atoms with Gasteiger partial charge in [-0.05, 0) is 18.4 Å². The Morgan fingerprint density at radius 1 is 1.73 bits per heavy atom. The van der Waals surface area contributed by atoms with Gasteiger partial charge in [0, 0.05) is 6.54 Å². The zero-order chi connectivity index (χ0) is 11.3. The van der Waals surface area contributed by atoms with E-state index in [9.17, 15) is 0 Å². The van der Waals surface area contributed by atoms with Gasteiger partial charge < -0.3 is 10.6 Å². The van der Waals surface area contributed by atoms with Crippen molar-refractivity contribution >= 4 is 17.3 Å². The third-order valence-corrected chi connectivity index (χ3v) is 2.59. The SMILES string of the molecule is CCC(=NOC)C1=CC(Cl)CC(CN)=C1. The highest BCUT2D eigenvalue weighted by Crippen LogP contribution is 2.22. The first-order valence-corrected chi connectivity index (χ1v) is 5.50. The van der Waals surface area contributed by atoms with E-state index in [1.54, 1.807) is 7.11 Å². The van der Waals surface area contributed by atoms with Crippen molar-refractivity contribution in [3.8, 4) is 0 Å². The normalized spacial score (nSPS) is 22.1. The average molecular weight is 229 g/mol. The molecular formula is C11H17ClN2O. The maximum Gasteiger partial charge on any atom is 0.106 e. The molecule has 0 fully saturated rings. The Bertz CT molecular complexity index is 308. The zero-order valence-corrected chi connectivity index (χ0v) is 9.92. The lowest BCUT2D eigenvalue weighted by molar-refractivity contribution is 0.213. The van der Waals surface area contributed by atoms with E-state index >= 15 is 0 Å². The van der Waals surface area contributed by atoms with Crippen molar-refractivity contribution < 1.29 is 4.84 Å². The second-order valence-corrected chi connectivity index (χ2v) is 3.98. The molecule has 4 heteroatoms. The second kappa shape index (κ2) is 5.93.